The van der Waals surface area contributed by atoms with Crippen LogP contribution in [0.4, 0.5) is 9.93 Å². The summed E-state index contributed by atoms with van der Waals surface area (Å²) in [5, 5.41) is 18.8. The Balaban J connectivity index is 1.75. The molecule has 0 radical (unpaired) electrons. The average Bonchev–Trinajstić information content (AvgIpc) is 2.62. The maximum absolute atomic E-state index is 11.5. The fourth-order valence-corrected chi connectivity index (χ4v) is 1.94. The highest BCUT2D eigenvalue weighted by atomic mass is 32.1. The topological polar surface area (TPSA) is 95.4 Å². The van der Waals surface area contributed by atoms with Gasteiger partial charge in [-0.3, -0.25) is 10.1 Å². The van der Waals surface area contributed by atoms with Gasteiger partial charge in [0.2, 0.25) is 5.13 Å². The molecule has 1 aliphatic heterocycles. The summed E-state index contributed by atoms with van der Waals surface area (Å²) in [5.41, 5.74) is 1.53. The van der Waals surface area contributed by atoms with Gasteiger partial charge in [0.05, 0.1) is 6.42 Å². The fraction of sp³-hybridized carbons (Fsp3) is 0.500. The van der Waals surface area contributed by atoms with Crippen molar-refractivity contribution in [1.29, 1.82) is 0 Å². The van der Waals surface area contributed by atoms with Crippen LogP contribution >= 0.6 is 11.3 Å². The van der Waals surface area contributed by atoms with Crippen LogP contribution in [0.1, 0.15) is 6.42 Å². The molecule has 1 fully saturated rings. The standard InChI is InChI=1S/C8H10N4O3S/c13-6(14)1-5-2-12(3-5)8(15)10-7-11-9-4-16-7/h4-5H,1-3H2,(H,13,14)(H,10,11,15). The molecule has 0 saturated carbocycles. The van der Waals surface area contributed by atoms with E-state index in [0.717, 1.165) is 0 Å². The van der Waals surface area contributed by atoms with E-state index in [4.69, 9.17) is 5.11 Å². The number of carbonyl (C=O) groups is 2. The molecule has 2 rings (SSSR count). The summed E-state index contributed by atoms with van der Waals surface area (Å²) in [7, 11) is 0. The van der Waals surface area contributed by atoms with Gasteiger partial charge in [0.1, 0.15) is 5.51 Å². The van der Waals surface area contributed by atoms with Crippen LogP contribution in [0.2, 0.25) is 0 Å². The minimum atomic E-state index is -0.825. The van der Waals surface area contributed by atoms with Gasteiger partial charge in [-0.25, -0.2) is 4.79 Å². The van der Waals surface area contributed by atoms with Crippen LogP contribution in [0.15, 0.2) is 5.51 Å². The maximum atomic E-state index is 11.5. The van der Waals surface area contributed by atoms with Crippen molar-refractivity contribution in [2.24, 2.45) is 5.92 Å². The smallest absolute Gasteiger partial charge is 0.323 e. The number of aliphatic carboxylic acids is 1. The Labute approximate surface area is 95.1 Å². The van der Waals surface area contributed by atoms with Crippen LogP contribution < -0.4 is 5.32 Å². The number of likely N-dealkylation sites (tertiary alicyclic amines) is 1. The first kappa shape index (κ1) is 10.8. The molecule has 86 valence electrons. The predicted octanol–water partition coefficient (Wildman–Crippen LogP) is 0.476. The number of carboxylic acids is 1. The van der Waals surface area contributed by atoms with Gasteiger partial charge in [-0.05, 0) is 0 Å². The third kappa shape index (κ3) is 2.45. The number of aromatic nitrogens is 2. The number of urea groups is 1. The highest BCUT2D eigenvalue weighted by Gasteiger charge is 2.32. The molecule has 7 nitrogen and oxygen atoms in total. The van der Waals surface area contributed by atoms with Crippen molar-refractivity contribution in [3.63, 3.8) is 0 Å². The lowest BCUT2D eigenvalue weighted by atomic mass is 9.97. The van der Waals surface area contributed by atoms with Gasteiger partial charge in [0, 0.05) is 19.0 Å². The Morgan fingerprint density at radius 3 is 2.94 bits per heavy atom. The SMILES string of the molecule is O=C(O)CC1CN(C(=O)Nc2nncs2)C1. The molecule has 2 heterocycles. The van der Waals surface area contributed by atoms with E-state index in [1.165, 1.54) is 16.8 Å². The first-order chi connectivity index (χ1) is 7.65. The van der Waals surface area contributed by atoms with E-state index >= 15 is 0 Å². The molecule has 0 unspecified atom stereocenters. The molecule has 2 amide bonds. The normalized spacial score (nSPS) is 15.6. The van der Waals surface area contributed by atoms with Crippen LogP contribution in [0.5, 0.6) is 0 Å². The Hall–Kier alpha value is -1.70. The van der Waals surface area contributed by atoms with Gasteiger partial charge >= 0.3 is 12.0 Å². The molecule has 0 bridgehead atoms. The van der Waals surface area contributed by atoms with Crippen molar-refractivity contribution in [2.75, 3.05) is 18.4 Å². The second-order valence-corrected chi connectivity index (χ2v) is 4.38. The summed E-state index contributed by atoms with van der Waals surface area (Å²) in [5.74, 6) is -0.758. The zero-order valence-corrected chi connectivity index (χ0v) is 9.11. The minimum absolute atomic E-state index is 0.0673. The summed E-state index contributed by atoms with van der Waals surface area (Å²) >= 11 is 1.24. The number of amides is 2. The highest BCUT2D eigenvalue weighted by Crippen LogP contribution is 2.20. The van der Waals surface area contributed by atoms with Crippen LogP contribution in [-0.4, -0.2) is 45.3 Å². The zero-order chi connectivity index (χ0) is 11.5. The Morgan fingerprint density at radius 2 is 2.38 bits per heavy atom. The Morgan fingerprint density at radius 1 is 1.62 bits per heavy atom. The number of anilines is 1. The Kier molecular flexibility index (Phi) is 3.00. The molecule has 16 heavy (non-hydrogen) atoms. The van der Waals surface area contributed by atoms with E-state index in [-0.39, 0.29) is 18.4 Å². The van der Waals surface area contributed by atoms with E-state index in [1.54, 1.807) is 4.90 Å². The lowest BCUT2D eigenvalue weighted by Crippen LogP contribution is -2.52. The van der Waals surface area contributed by atoms with Crippen molar-refractivity contribution in [3.8, 4) is 0 Å². The van der Waals surface area contributed by atoms with E-state index in [2.05, 4.69) is 15.5 Å². The lowest BCUT2D eigenvalue weighted by molar-refractivity contribution is -0.139. The number of carboxylic acid groups (broad SMARTS) is 1. The molecular formula is C8H10N4O3S. The van der Waals surface area contributed by atoms with Gasteiger partial charge in [-0.15, -0.1) is 10.2 Å². The summed E-state index contributed by atoms with van der Waals surface area (Å²) in [6.07, 6.45) is 0.114. The lowest BCUT2D eigenvalue weighted by Gasteiger charge is -2.38. The van der Waals surface area contributed by atoms with Crippen molar-refractivity contribution in [3.05, 3.63) is 5.51 Å². The van der Waals surface area contributed by atoms with E-state index < -0.39 is 5.97 Å². The van der Waals surface area contributed by atoms with E-state index in [9.17, 15) is 9.59 Å². The second-order valence-electron chi connectivity index (χ2n) is 3.54. The second kappa shape index (κ2) is 4.44. The number of carbonyl (C=O) groups excluding carboxylic acids is 1. The molecule has 2 N–H and O–H groups in total. The van der Waals surface area contributed by atoms with Crippen LogP contribution in [0, 0.1) is 5.92 Å². The molecular weight excluding hydrogens is 232 g/mol. The van der Waals surface area contributed by atoms with Crippen LogP contribution in [-0.2, 0) is 4.79 Å². The minimum Gasteiger partial charge on any atom is -0.481 e. The highest BCUT2D eigenvalue weighted by molar-refractivity contribution is 7.13. The van der Waals surface area contributed by atoms with Crippen LogP contribution in [0.25, 0.3) is 0 Å². The van der Waals surface area contributed by atoms with Crippen molar-refractivity contribution in [2.45, 2.75) is 6.42 Å². The number of nitrogens with zero attached hydrogens (tertiary/aromatic N) is 3. The number of rotatable bonds is 3. The summed E-state index contributed by atoms with van der Waals surface area (Å²) < 4.78 is 0. The van der Waals surface area contributed by atoms with Gasteiger partial charge in [0.25, 0.3) is 0 Å². The van der Waals surface area contributed by atoms with Crippen LogP contribution in [0.3, 0.4) is 0 Å². The summed E-state index contributed by atoms with van der Waals surface area (Å²) in [6, 6.07) is -0.251. The molecule has 1 aromatic rings. The third-order valence-electron chi connectivity index (χ3n) is 2.28. The summed E-state index contributed by atoms with van der Waals surface area (Å²) in [4.78, 5) is 23.5. The van der Waals surface area contributed by atoms with Crippen molar-refractivity contribution in [1.82, 2.24) is 15.1 Å². The van der Waals surface area contributed by atoms with Crippen molar-refractivity contribution < 1.29 is 14.7 Å². The molecule has 0 atom stereocenters. The molecule has 1 aliphatic rings. The average molecular weight is 242 g/mol. The Bertz CT molecular complexity index is 388. The van der Waals surface area contributed by atoms with Gasteiger partial charge < -0.3 is 10.0 Å². The monoisotopic (exact) mass is 242 g/mol. The number of nitrogens with one attached hydrogen (secondary N) is 1. The quantitative estimate of drug-likeness (QED) is 0.803. The largest absolute Gasteiger partial charge is 0.481 e. The van der Waals surface area contributed by atoms with Gasteiger partial charge in [0.15, 0.2) is 0 Å². The molecule has 8 heteroatoms. The fourth-order valence-electron chi connectivity index (χ4n) is 1.51. The molecule has 1 aromatic heterocycles. The van der Waals surface area contributed by atoms with Gasteiger partial charge in [-0.2, -0.15) is 0 Å². The van der Waals surface area contributed by atoms with Gasteiger partial charge in [-0.1, -0.05) is 11.3 Å². The molecule has 0 spiro atoms. The zero-order valence-electron chi connectivity index (χ0n) is 8.29. The van der Waals surface area contributed by atoms with E-state index in [1.807, 2.05) is 0 Å². The molecule has 0 aliphatic carbocycles. The first-order valence-corrected chi connectivity index (χ1v) is 5.57. The predicted molar refractivity (Wildman–Crippen MR) is 56.2 cm³/mol. The van der Waals surface area contributed by atoms with E-state index in [0.29, 0.717) is 18.2 Å². The maximum Gasteiger partial charge on any atom is 0.323 e. The third-order valence-corrected chi connectivity index (χ3v) is 2.89. The molecule has 0 aromatic carbocycles. The van der Waals surface area contributed by atoms with Crippen molar-refractivity contribution >= 4 is 28.5 Å². The molecule has 1 saturated heterocycles. The summed E-state index contributed by atoms with van der Waals surface area (Å²) in [6.45, 7) is 0.966. The number of hydrogen-bond donors (Lipinski definition) is 2. The first-order valence-electron chi connectivity index (χ1n) is 4.69. The number of hydrogen-bond acceptors (Lipinski definition) is 5.